The Morgan fingerprint density at radius 2 is 1.92 bits per heavy atom. The normalized spacial score (nSPS) is 14.8. The fourth-order valence-corrected chi connectivity index (χ4v) is 3.23. The van der Waals surface area contributed by atoms with E-state index in [1.54, 1.807) is 30.5 Å². The van der Waals surface area contributed by atoms with Crippen molar-refractivity contribution in [2.24, 2.45) is 0 Å². The largest absolute Gasteiger partial charge is 0.369 e. The molecular weight excluding hydrogens is 319 g/mol. The molecule has 0 bridgehead atoms. The molecule has 0 amide bonds. The van der Waals surface area contributed by atoms with Crippen LogP contribution in [0.4, 0.5) is 15.9 Å². The smallest absolute Gasteiger partial charge is 0.164 e. The van der Waals surface area contributed by atoms with Gasteiger partial charge in [0.25, 0.3) is 0 Å². The molecule has 0 saturated carbocycles. The van der Waals surface area contributed by atoms with Crippen LogP contribution in [0.5, 0.6) is 0 Å². The van der Waals surface area contributed by atoms with Crippen LogP contribution in [0.25, 0.3) is 0 Å². The lowest BCUT2D eigenvalue weighted by Crippen LogP contribution is -2.32. The molecule has 6 heteroatoms. The number of nitrogens with zero attached hydrogens (tertiary/aromatic N) is 4. The standard InChI is InChI=1S/C19H19FN4O/c1-14(25)18-16(20)6-2-7-17(18)23-9-4-10-24(12-11-23)19-15(13-21)5-3-8-22-19/h2-3,5-8H,4,9-12H2,1H3. The maximum Gasteiger partial charge on any atom is 0.164 e. The average Bonchev–Trinajstić information content (AvgIpc) is 2.87. The summed E-state index contributed by atoms with van der Waals surface area (Å²) in [6.07, 6.45) is 2.51. The molecule has 0 N–H and O–H groups in total. The first-order chi connectivity index (χ1) is 12.1. The molecule has 0 unspecified atom stereocenters. The number of aromatic nitrogens is 1. The minimum atomic E-state index is -0.484. The number of benzene rings is 1. The van der Waals surface area contributed by atoms with Crippen LogP contribution >= 0.6 is 0 Å². The van der Waals surface area contributed by atoms with Crippen molar-refractivity contribution in [2.45, 2.75) is 13.3 Å². The highest BCUT2D eigenvalue weighted by molar-refractivity contribution is 6.00. The Morgan fingerprint density at radius 1 is 1.16 bits per heavy atom. The molecular formula is C19H19FN4O. The molecule has 1 aromatic heterocycles. The quantitative estimate of drug-likeness (QED) is 0.805. The maximum absolute atomic E-state index is 14.1. The Labute approximate surface area is 146 Å². The maximum atomic E-state index is 14.1. The number of anilines is 2. The molecule has 3 rings (SSSR count). The fourth-order valence-electron chi connectivity index (χ4n) is 3.23. The molecule has 0 aliphatic carbocycles. The number of carbonyl (C=O) groups is 1. The van der Waals surface area contributed by atoms with E-state index in [2.05, 4.69) is 16.0 Å². The van der Waals surface area contributed by atoms with Gasteiger partial charge in [0.2, 0.25) is 0 Å². The van der Waals surface area contributed by atoms with Gasteiger partial charge in [0.1, 0.15) is 17.7 Å². The van der Waals surface area contributed by atoms with Crippen molar-refractivity contribution < 1.29 is 9.18 Å². The molecule has 5 nitrogen and oxygen atoms in total. The van der Waals surface area contributed by atoms with E-state index in [-0.39, 0.29) is 11.3 Å². The highest BCUT2D eigenvalue weighted by Crippen LogP contribution is 2.26. The molecule has 1 fully saturated rings. The van der Waals surface area contributed by atoms with Crippen molar-refractivity contribution in [3.05, 3.63) is 53.5 Å². The summed E-state index contributed by atoms with van der Waals surface area (Å²) in [6, 6.07) is 10.4. The van der Waals surface area contributed by atoms with Gasteiger partial charge in [0, 0.05) is 32.4 Å². The van der Waals surface area contributed by atoms with Crippen LogP contribution < -0.4 is 9.80 Å². The van der Waals surface area contributed by atoms with Crippen molar-refractivity contribution in [1.29, 1.82) is 5.26 Å². The van der Waals surface area contributed by atoms with Gasteiger partial charge in [-0.1, -0.05) is 6.07 Å². The summed E-state index contributed by atoms with van der Waals surface area (Å²) in [5.74, 6) is -0.0776. The Balaban J connectivity index is 1.85. The van der Waals surface area contributed by atoms with E-state index < -0.39 is 5.82 Å². The van der Waals surface area contributed by atoms with Gasteiger partial charge < -0.3 is 9.80 Å². The predicted molar refractivity (Wildman–Crippen MR) is 94.4 cm³/mol. The molecule has 1 aliphatic heterocycles. The molecule has 0 radical (unpaired) electrons. The number of rotatable bonds is 3. The summed E-state index contributed by atoms with van der Waals surface area (Å²) in [6.45, 7) is 4.14. The SMILES string of the molecule is CC(=O)c1c(F)cccc1N1CCCN(c2ncccc2C#N)CC1. The second kappa shape index (κ2) is 7.31. The highest BCUT2D eigenvalue weighted by atomic mass is 19.1. The summed E-state index contributed by atoms with van der Waals surface area (Å²) in [7, 11) is 0. The van der Waals surface area contributed by atoms with E-state index in [1.165, 1.54) is 13.0 Å². The minimum Gasteiger partial charge on any atom is -0.369 e. The third-order valence-electron chi connectivity index (χ3n) is 4.39. The Hall–Kier alpha value is -2.94. The van der Waals surface area contributed by atoms with Crippen LogP contribution in [0.1, 0.15) is 29.3 Å². The van der Waals surface area contributed by atoms with Gasteiger partial charge in [-0.05, 0) is 37.6 Å². The van der Waals surface area contributed by atoms with E-state index in [0.29, 0.717) is 30.2 Å². The molecule has 0 atom stereocenters. The Bertz CT molecular complexity index is 830. The van der Waals surface area contributed by atoms with Crippen molar-refractivity contribution in [3.8, 4) is 6.07 Å². The number of hydrogen-bond acceptors (Lipinski definition) is 5. The molecule has 1 saturated heterocycles. The van der Waals surface area contributed by atoms with Gasteiger partial charge in [0.05, 0.1) is 16.8 Å². The molecule has 25 heavy (non-hydrogen) atoms. The topological polar surface area (TPSA) is 60.2 Å². The van der Waals surface area contributed by atoms with E-state index in [0.717, 1.165) is 19.5 Å². The lowest BCUT2D eigenvalue weighted by molar-refractivity contribution is 0.101. The van der Waals surface area contributed by atoms with E-state index in [4.69, 9.17) is 0 Å². The van der Waals surface area contributed by atoms with E-state index in [9.17, 15) is 14.4 Å². The van der Waals surface area contributed by atoms with Crippen LogP contribution in [-0.2, 0) is 0 Å². The minimum absolute atomic E-state index is 0.145. The number of pyridine rings is 1. The van der Waals surface area contributed by atoms with Crippen LogP contribution in [-0.4, -0.2) is 36.9 Å². The fraction of sp³-hybridized carbons (Fsp3) is 0.316. The number of hydrogen-bond donors (Lipinski definition) is 0. The molecule has 0 spiro atoms. The third-order valence-corrected chi connectivity index (χ3v) is 4.39. The molecule has 1 aliphatic rings. The van der Waals surface area contributed by atoms with Gasteiger partial charge in [-0.2, -0.15) is 5.26 Å². The molecule has 2 aromatic rings. The van der Waals surface area contributed by atoms with E-state index >= 15 is 0 Å². The lowest BCUT2D eigenvalue weighted by atomic mass is 10.1. The Kier molecular flexibility index (Phi) is 4.94. The predicted octanol–water partition coefficient (Wildman–Crippen LogP) is 3.01. The second-order valence-corrected chi connectivity index (χ2v) is 6.00. The van der Waals surface area contributed by atoms with Gasteiger partial charge >= 0.3 is 0 Å². The number of halogens is 1. The summed E-state index contributed by atoms with van der Waals surface area (Å²) in [5.41, 5.74) is 1.33. The average molecular weight is 338 g/mol. The Morgan fingerprint density at radius 3 is 2.68 bits per heavy atom. The second-order valence-electron chi connectivity index (χ2n) is 6.00. The molecule has 1 aromatic carbocycles. The van der Waals surface area contributed by atoms with Gasteiger partial charge in [-0.15, -0.1) is 0 Å². The van der Waals surface area contributed by atoms with Crippen LogP contribution in [0.3, 0.4) is 0 Å². The first kappa shape index (κ1) is 16.9. The van der Waals surface area contributed by atoms with Gasteiger partial charge in [-0.3, -0.25) is 4.79 Å². The molecule has 128 valence electrons. The number of nitriles is 1. The summed E-state index contributed by atoms with van der Waals surface area (Å²) < 4.78 is 14.1. The zero-order chi connectivity index (χ0) is 17.8. The van der Waals surface area contributed by atoms with Crippen molar-refractivity contribution in [3.63, 3.8) is 0 Å². The van der Waals surface area contributed by atoms with Crippen LogP contribution in [0.2, 0.25) is 0 Å². The van der Waals surface area contributed by atoms with Crippen molar-refractivity contribution in [1.82, 2.24) is 4.98 Å². The van der Waals surface area contributed by atoms with E-state index in [1.807, 2.05) is 4.90 Å². The van der Waals surface area contributed by atoms with Crippen LogP contribution in [0.15, 0.2) is 36.5 Å². The monoisotopic (exact) mass is 338 g/mol. The summed E-state index contributed by atoms with van der Waals surface area (Å²) in [5, 5.41) is 9.27. The van der Waals surface area contributed by atoms with Gasteiger partial charge in [-0.25, -0.2) is 9.37 Å². The van der Waals surface area contributed by atoms with Crippen molar-refractivity contribution >= 4 is 17.3 Å². The number of ketones is 1. The van der Waals surface area contributed by atoms with Crippen molar-refractivity contribution in [2.75, 3.05) is 36.0 Å². The zero-order valence-electron chi connectivity index (χ0n) is 14.1. The lowest BCUT2D eigenvalue weighted by Gasteiger charge is -2.26. The highest BCUT2D eigenvalue weighted by Gasteiger charge is 2.22. The first-order valence-corrected chi connectivity index (χ1v) is 8.26. The first-order valence-electron chi connectivity index (χ1n) is 8.26. The summed E-state index contributed by atoms with van der Waals surface area (Å²) in [4.78, 5) is 20.3. The molecule has 2 heterocycles. The summed E-state index contributed by atoms with van der Waals surface area (Å²) >= 11 is 0. The number of carbonyl (C=O) groups excluding carboxylic acids is 1. The zero-order valence-corrected chi connectivity index (χ0v) is 14.1. The number of Topliss-reactive ketones (excluding diaryl/α,β-unsaturated/α-hetero) is 1. The third kappa shape index (κ3) is 3.45. The van der Waals surface area contributed by atoms with Crippen LogP contribution in [0, 0.1) is 17.1 Å². The van der Waals surface area contributed by atoms with Gasteiger partial charge in [0.15, 0.2) is 5.78 Å².